The molecule has 4 rings (SSSR count). The highest BCUT2D eigenvalue weighted by Gasteiger charge is 2.22. The van der Waals surface area contributed by atoms with Gasteiger partial charge in [-0.05, 0) is 86.2 Å². The number of nitrogens with zero attached hydrogens (tertiary/aromatic N) is 2. The SMILES string of the molecule is CC(=O)Nc1cc(NCCOCCOCCNCCCONC(=O)c2ccc(F)c(F)c2Nc2ccc(C)cc2F)ccc1C(=O)Nc1nc(C)c([N+](=O)[O-])s1. The first-order valence-electron chi connectivity index (χ1n) is 17.2. The van der Waals surface area contributed by atoms with Crippen LogP contribution in [-0.4, -0.2) is 80.3 Å². The average Bonchev–Trinajstić information content (AvgIpc) is 3.52. The lowest BCUT2D eigenvalue weighted by Crippen LogP contribution is -2.27. The average molecular weight is 803 g/mol. The zero-order chi connectivity index (χ0) is 40.6. The monoisotopic (exact) mass is 802 g/mol. The van der Waals surface area contributed by atoms with Gasteiger partial charge in [-0.25, -0.2) is 23.6 Å². The van der Waals surface area contributed by atoms with Crippen LogP contribution in [0.4, 0.5) is 46.1 Å². The zero-order valence-corrected chi connectivity index (χ0v) is 31.5. The molecule has 0 fully saturated rings. The number of ether oxygens (including phenoxy) is 2. The van der Waals surface area contributed by atoms with Crippen LogP contribution in [0.5, 0.6) is 0 Å². The molecule has 300 valence electrons. The van der Waals surface area contributed by atoms with Gasteiger partial charge >= 0.3 is 5.00 Å². The van der Waals surface area contributed by atoms with E-state index >= 15 is 0 Å². The maximum absolute atomic E-state index is 14.6. The summed E-state index contributed by atoms with van der Waals surface area (Å²) in [4.78, 5) is 57.1. The Morgan fingerprint density at radius 2 is 1.55 bits per heavy atom. The van der Waals surface area contributed by atoms with Crippen molar-refractivity contribution in [1.82, 2.24) is 15.8 Å². The summed E-state index contributed by atoms with van der Waals surface area (Å²) < 4.78 is 53.9. The molecule has 3 amide bonds. The number of aromatic nitrogens is 1. The summed E-state index contributed by atoms with van der Waals surface area (Å²) >= 11 is 0.736. The van der Waals surface area contributed by atoms with Crippen LogP contribution < -0.4 is 32.1 Å². The maximum Gasteiger partial charge on any atom is 0.348 e. The van der Waals surface area contributed by atoms with Crippen LogP contribution >= 0.6 is 11.3 Å². The van der Waals surface area contributed by atoms with E-state index in [9.17, 15) is 37.7 Å². The molecule has 0 aliphatic carbocycles. The minimum Gasteiger partial charge on any atom is -0.383 e. The van der Waals surface area contributed by atoms with E-state index in [1.807, 2.05) is 0 Å². The fraction of sp³-hybridized carbons (Fsp3) is 0.333. The normalized spacial score (nSPS) is 10.9. The van der Waals surface area contributed by atoms with E-state index in [0.717, 1.165) is 23.5 Å². The first-order valence-corrected chi connectivity index (χ1v) is 18.0. The van der Waals surface area contributed by atoms with Crippen molar-refractivity contribution in [3.63, 3.8) is 0 Å². The minimum absolute atomic E-state index is 0.0631. The van der Waals surface area contributed by atoms with Gasteiger partial charge in [-0.1, -0.05) is 6.07 Å². The molecule has 0 unspecified atom stereocenters. The lowest BCUT2D eigenvalue weighted by molar-refractivity contribution is -0.380. The first-order chi connectivity index (χ1) is 26.8. The number of benzene rings is 3. The Bertz CT molecular complexity index is 2020. The summed E-state index contributed by atoms with van der Waals surface area (Å²) in [5.74, 6) is -5.06. The summed E-state index contributed by atoms with van der Waals surface area (Å²) in [6.45, 7) is 7.53. The van der Waals surface area contributed by atoms with Crippen molar-refractivity contribution in [3.8, 4) is 0 Å². The molecule has 3 aromatic carbocycles. The van der Waals surface area contributed by atoms with E-state index in [4.69, 9.17) is 14.3 Å². The van der Waals surface area contributed by atoms with E-state index in [2.05, 4.69) is 37.0 Å². The smallest absolute Gasteiger partial charge is 0.348 e. The maximum atomic E-state index is 14.6. The van der Waals surface area contributed by atoms with Gasteiger partial charge in [-0.3, -0.25) is 34.7 Å². The van der Waals surface area contributed by atoms with Crippen LogP contribution in [0.3, 0.4) is 0 Å². The third-order valence-electron chi connectivity index (χ3n) is 7.59. The second-order valence-electron chi connectivity index (χ2n) is 12.0. The standard InChI is InChI=1S/C36H41F3N8O8S/c1-21-5-10-29(28(38)19-21)44-32-26(8-9-27(37)31(32)39)34(50)46-55-14-4-11-40-12-15-53-17-18-54-16-13-41-24-6-7-25(30(20-24)43-23(3)48)33(49)45-36-42-22(2)35(56-36)47(51)52/h5-10,19-20,40-41,44H,4,11-18H2,1-3H3,(H,43,48)(H,46,50)(H,42,45,49). The van der Waals surface area contributed by atoms with Gasteiger partial charge in [0.05, 0.1) is 66.1 Å². The number of aryl methyl sites for hydroxylation is 2. The second kappa shape index (κ2) is 21.4. The van der Waals surface area contributed by atoms with Gasteiger partial charge in [0.15, 0.2) is 16.8 Å². The van der Waals surface area contributed by atoms with E-state index in [-0.39, 0.29) is 44.9 Å². The highest BCUT2D eigenvalue weighted by atomic mass is 32.1. The molecule has 56 heavy (non-hydrogen) atoms. The molecule has 0 aliphatic rings. The Balaban J connectivity index is 1.06. The number of rotatable bonds is 22. The van der Waals surface area contributed by atoms with Gasteiger partial charge in [0.1, 0.15) is 11.5 Å². The molecule has 4 aromatic rings. The molecule has 0 saturated carbocycles. The topological polar surface area (TPSA) is 207 Å². The molecule has 0 bridgehead atoms. The molecule has 1 heterocycles. The number of amides is 3. The summed E-state index contributed by atoms with van der Waals surface area (Å²) in [7, 11) is 0. The molecule has 0 radical (unpaired) electrons. The first kappa shape index (κ1) is 43.1. The summed E-state index contributed by atoms with van der Waals surface area (Å²) in [6.07, 6.45) is 0.509. The molecule has 1 aromatic heterocycles. The quantitative estimate of drug-likeness (QED) is 0.0316. The number of nitro groups is 1. The van der Waals surface area contributed by atoms with Gasteiger partial charge in [0, 0.05) is 25.7 Å². The summed E-state index contributed by atoms with van der Waals surface area (Å²) in [5.41, 5.74) is 3.09. The molecule has 0 aliphatic heterocycles. The number of hydrogen-bond donors (Lipinski definition) is 6. The van der Waals surface area contributed by atoms with Gasteiger partial charge in [-0.2, -0.15) is 0 Å². The Morgan fingerprint density at radius 1 is 0.821 bits per heavy atom. The Kier molecular flexibility index (Phi) is 16.5. The molecular weight excluding hydrogens is 762 g/mol. The van der Waals surface area contributed by atoms with Gasteiger partial charge in [-0.15, -0.1) is 0 Å². The van der Waals surface area contributed by atoms with Crippen molar-refractivity contribution in [2.75, 3.05) is 73.9 Å². The van der Waals surface area contributed by atoms with Crippen molar-refractivity contribution in [2.45, 2.75) is 27.2 Å². The van der Waals surface area contributed by atoms with Gasteiger partial charge in [0.25, 0.3) is 11.8 Å². The van der Waals surface area contributed by atoms with E-state index < -0.39 is 45.8 Å². The van der Waals surface area contributed by atoms with Crippen molar-refractivity contribution in [1.29, 1.82) is 0 Å². The highest BCUT2D eigenvalue weighted by Crippen LogP contribution is 2.31. The Hall–Kier alpha value is -5.67. The van der Waals surface area contributed by atoms with Crippen molar-refractivity contribution in [3.05, 3.63) is 98.5 Å². The summed E-state index contributed by atoms with van der Waals surface area (Å²) in [6, 6.07) is 10.8. The molecule has 0 saturated heterocycles. The number of anilines is 5. The Morgan fingerprint density at radius 3 is 2.25 bits per heavy atom. The lowest BCUT2D eigenvalue weighted by atomic mass is 10.1. The van der Waals surface area contributed by atoms with Crippen LogP contribution in [0, 0.1) is 41.4 Å². The molecule has 16 nitrogen and oxygen atoms in total. The molecule has 6 N–H and O–H groups in total. The largest absolute Gasteiger partial charge is 0.383 e. The molecular formula is C36H41F3N8O8S. The number of carbonyl (C=O) groups excluding carboxylic acids is 3. The number of hydroxylamine groups is 1. The fourth-order valence-corrected chi connectivity index (χ4v) is 5.72. The number of thiazole rings is 1. The van der Waals surface area contributed by atoms with Crippen LogP contribution in [-0.2, 0) is 19.1 Å². The second-order valence-corrected chi connectivity index (χ2v) is 13.0. The highest BCUT2D eigenvalue weighted by molar-refractivity contribution is 7.19. The van der Waals surface area contributed by atoms with Crippen LogP contribution in [0.2, 0.25) is 0 Å². The van der Waals surface area contributed by atoms with Crippen LogP contribution in [0.1, 0.15) is 45.3 Å². The molecule has 20 heteroatoms. The lowest BCUT2D eigenvalue weighted by Gasteiger charge is -2.14. The van der Waals surface area contributed by atoms with Crippen LogP contribution in [0.15, 0.2) is 48.5 Å². The zero-order valence-electron chi connectivity index (χ0n) is 30.7. The molecule has 0 atom stereocenters. The van der Waals surface area contributed by atoms with Crippen molar-refractivity contribution >= 4 is 61.9 Å². The van der Waals surface area contributed by atoms with E-state index in [1.54, 1.807) is 25.1 Å². The predicted octanol–water partition coefficient (Wildman–Crippen LogP) is 5.83. The third-order valence-corrected chi connectivity index (χ3v) is 8.62. The number of nitrogens with one attached hydrogen (secondary N) is 6. The fourth-order valence-electron chi connectivity index (χ4n) is 4.94. The van der Waals surface area contributed by atoms with Gasteiger partial charge in [0.2, 0.25) is 5.91 Å². The van der Waals surface area contributed by atoms with E-state index in [0.29, 0.717) is 63.7 Å². The van der Waals surface area contributed by atoms with Crippen LogP contribution in [0.25, 0.3) is 0 Å². The number of hydrogen-bond acceptors (Lipinski definition) is 13. The van der Waals surface area contributed by atoms with Gasteiger partial charge < -0.3 is 30.7 Å². The number of halogens is 3. The van der Waals surface area contributed by atoms with E-state index in [1.165, 1.54) is 32.0 Å². The van der Waals surface area contributed by atoms with Crippen molar-refractivity contribution < 1.29 is 46.8 Å². The minimum atomic E-state index is -1.33. The summed E-state index contributed by atoms with van der Waals surface area (Å²) in [5, 5.41) is 24.9. The van der Waals surface area contributed by atoms with Crippen molar-refractivity contribution in [2.24, 2.45) is 0 Å². The number of carbonyl (C=O) groups is 3. The Labute approximate surface area is 323 Å². The predicted molar refractivity (Wildman–Crippen MR) is 204 cm³/mol. The third kappa shape index (κ3) is 13.0. The molecule has 0 spiro atoms.